The van der Waals surface area contributed by atoms with Crippen molar-refractivity contribution in [1.29, 1.82) is 0 Å². The van der Waals surface area contributed by atoms with Crippen molar-refractivity contribution in [2.75, 3.05) is 28.4 Å². The SMILES string of the molecule is C=C/C=C(\NC(C)=O)C(=O)OC.C=CC[C@H](NC(=O)c1ccccc1)C(=O)OC.COC(=O)[C@H](CC=CC[C@H](NC(=O)c1ccccc1)C(=O)OC)CC(=O)c1ccccc1. The van der Waals surface area contributed by atoms with Crippen LogP contribution < -0.4 is 16.0 Å². The second-order valence-electron chi connectivity index (χ2n) is 12.5. The van der Waals surface area contributed by atoms with Crippen LogP contribution in [0.4, 0.5) is 0 Å². The predicted molar refractivity (Wildman–Crippen MR) is 228 cm³/mol. The number of rotatable bonds is 19. The van der Waals surface area contributed by atoms with Gasteiger partial charge in [-0.2, -0.15) is 0 Å². The van der Waals surface area contributed by atoms with Crippen molar-refractivity contribution in [2.24, 2.45) is 5.92 Å². The zero-order valence-corrected chi connectivity index (χ0v) is 34.9. The lowest BCUT2D eigenvalue weighted by Crippen LogP contribution is -2.41. The summed E-state index contributed by atoms with van der Waals surface area (Å²) >= 11 is 0. The number of methoxy groups -OCH3 is 4. The highest BCUT2D eigenvalue weighted by atomic mass is 16.5. The molecule has 0 radical (unpaired) electrons. The fraction of sp³-hybridized carbons (Fsp3) is 0.261. The van der Waals surface area contributed by atoms with Gasteiger partial charge in [-0.25, -0.2) is 14.4 Å². The zero-order valence-electron chi connectivity index (χ0n) is 34.9. The lowest BCUT2D eigenvalue weighted by molar-refractivity contribution is -0.145. The molecule has 3 atom stereocenters. The molecule has 0 saturated heterocycles. The van der Waals surface area contributed by atoms with Gasteiger partial charge in [-0.15, -0.1) is 6.58 Å². The lowest BCUT2D eigenvalue weighted by Gasteiger charge is -2.15. The monoisotopic (exact) mass is 839 g/mol. The predicted octanol–water partition coefficient (Wildman–Crippen LogP) is 5.26. The third-order valence-electron chi connectivity index (χ3n) is 8.08. The molecule has 3 aromatic rings. The number of carbonyl (C=O) groups is 8. The fourth-order valence-corrected chi connectivity index (χ4v) is 5.01. The number of esters is 4. The number of hydrogen-bond donors (Lipinski definition) is 3. The molecule has 0 unspecified atom stereocenters. The van der Waals surface area contributed by atoms with Crippen molar-refractivity contribution in [3.63, 3.8) is 0 Å². The molecule has 3 aromatic carbocycles. The highest BCUT2D eigenvalue weighted by molar-refractivity contribution is 5.99. The second-order valence-corrected chi connectivity index (χ2v) is 12.5. The number of ether oxygens (including phenoxy) is 4. The maximum Gasteiger partial charge on any atom is 0.354 e. The number of ketones is 1. The van der Waals surface area contributed by atoms with E-state index >= 15 is 0 Å². The van der Waals surface area contributed by atoms with Crippen LogP contribution in [-0.4, -0.2) is 87.9 Å². The summed E-state index contributed by atoms with van der Waals surface area (Å²) in [7, 11) is 5.04. The third kappa shape index (κ3) is 20.2. The average Bonchev–Trinajstić information content (AvgIpc) is 3.29. The van der Waals surface area contributed by atoms with Crippen LogP contribution in [0.15, 0.2) is 140 Å². The molecule has 3 rings (SSSR count). The molecule has 0 fully saturated rings. The molecular weight excluding hydrogens is 787 g/mol. The summed E-state index contributed by atoms with van der Waals surface area (Å²) in [5.41, 5.74) is 1.54. The maximum absolute atomic E-state index is 12.5. The molecular formula is C46H53N3O12. The highest BCUT2D eigenvalue weighted by Crippen LogP contribution is 2.17. The van der Waals surface area contributed by atoms with Crippen LogP contribution >= 0.6 is 0 Å². The van der Waals surface area contributed by atoms with E-state index in [4.69, 9.17) is 9.47 Å². The van der Waals surface area contributed by atoms with Crippen LogP contribution in [0.1, 0.15) is 63.7 Å². The van der Waals surface area contributed by atoms with Gasteiger partial charge in [0, 0.05) is 30.0 Å². The van der Waals surface area contributed by atoms with Crippen LogP contribution in [0.2, 0.25) is 0 Å². The second kappa shape index (κ2) is 29.7. The third-order valence-corrected chi connectivity index (χ3v) is 8.08. The van der Waals surface area contributed by atoms with Gasteiger partial charge in [-0.05, 0) is 49.6 Å². The van der Waals surface area contributed by atoms with Crippen LogP contribution in [0.5, 0.6) is 0 Å². The van der Waals surface area contributed by atoms with E-state index in [1.54, 1.807) is 97.1 Å². The van der Waals surface area contributed by atoms with Gasteiger partial charge in [0.05, 0.1) is 34.4 Å². The molecule has 61 heavy (non-hydrogen) atoms. The van der Waals surface area contributed by atoms with Gasteiger partial charge in [0.15, 0.2) is 5.78 Å². The van der Waals surface area contributed by atoms with Crippen molar-refractivity contribution in [2.45, 2.75) is 44.7 Å². The molecule has 0 bridgehead atoms. The number of hydrogen-bond acceptors (Lipinski definition) is 12. The van der Waals surface area contributed by atoms with Gasteiger partial charge >= 0.3 is 23.9 Å². The summed E-state index contributed by atoms with van der Waals surface area (Å²) in [5, 5.41) is 7.56. The summed E-state index contributed by atoms with van der Waals surface area (Å²) in [6.45, 7) is 8.23. The Labute approximate surface area is 355 Å². The van der Waals surface area contributed by atoms with E-state index in [0.29, 0.717) is 23.1 Å². The Hall–Kier alpha value is -7.42. The molecule has 0 aliphatic rings. The normalized spacial score (nSPS) is 11.8. The largest absolute Gasteiger partial charge is 0.469 e. The molecule has 0 heterocycles. The van der Waals surface area contributed by atoms with E-state index in [1.807, 2.05) is 12.1 Å². The molecule has 3 amide bonds. The van der Waals surface area contributed by atoms with E-state index in [1.165, 1.54) is 47.5 Å². The molecule has 0 aromatic heterocycles. The Morgan fingerprint density at radius 1 is 0.574 bits per heavy atom. The van der Waals surface area contributed by atoms with Gasteiger partial charge in [-0.3, -0.25) is 24.0 Å². The number of allylic oxidation sites excluding steroid dienone is 3. The first kappa shape index (κ1) is 51.6. The molecule has 3 N–H and O–H groups in total. The molecule has 0 saturated carbocycles. The Morgan fingerprint density at radius 2 is 1.00 bits per heavy atom. The lowest BCUT2D eigenvalue weighted by atomic mass is 9.95. The maximum atomic E-state index is 12.5. The highest BCUT2D eigenvalue weighted by Gasteiger charge is 2.24. The van der Waals surface area contributed by atoms with Crippen LogP contribution in [0.25, 0.3) is 0 Å². The minimum absolute atomic E-state index is 0.00615. The number of carbonyl (C=O) groups excluding carboxylic acids is 8. The first-order valence-electron chi connectivity index (χ1n) is 18.7. The number of Topliss-reactive ketones (excluding diaryl/α,β-unsaturated/α-hetero) is 1. The minimum Gasteiger partial charge on any atom is -0.469 e. The van der Waals surface area contributed by atoms with Crippen LogP contribution in [0.3, 0.4) is 0 Å². The first-order chi connectivity index (χ1) is 29.3. The van der Waals surface area contributed by atoms with E-state index < -0.39 is 47.8 Å². The topological polar surface area (TPSA) is 210 Å². The smallest absolute Gasteiger partial charge is 0.354 e. The molecule has 324 valence electrons. The average molecular weight is 840 g/mol. The van der Waals surface area contributed by atoms with E-state index in [2.05, 4.69) is 38.6 Å². The van der Waals surface area contributed by atoms with Gasteiger partial charge in [-0.1, -0.05) is 97.6 Å². The number of benzene rings is 3. The van der Waals surface area contributed by atoms with Crippen LogP contribution in [-0.2, 0) is 42.9 Å². The van der Waals surface area contributed by atoms with Crippen molar-refractivity contribution in [3.05, 3.63) is 157 Å². The molecule has 0 aliphatic heterocycles. The Balaban J connectivity index is 0.000000533. The summed E-state index contributed by atoms with van der Waals surface area (Å²) in [6, 6.07) is 24.4. The minimum atomic E-state index is -0.883. The van der Waals surface area contributed by atoms with E-state index in [-0.39, 0.29) is 42.6 Å². The molecule has 15 heteroatoms. The fourth-order valence-electron chi connectivity index (χ4n) is 5.01. The molecule has 15 nitrogen and oxygen atoms in total. The van der Waals surface area contributed by atoms with E-state index in [0.717, 1.165) is 0 Å². The van der Waals surface area contributed by atoms with Gasteiger partial charge in [0.25, 0.3) is 11.8 Å². The van der Waals surface area contributed by atoms with E-state index in [9.17, 15) is 38.4 Å². The van der Waals surface area contributed by atoms with Crippen molar-refractivity contribution >= 4 is 47.4 Å². The number of nitrogens with one attached hydrogen (secondary N) is 3. The van der Waals surface area contributed by atoms with Gasteiger partial charge in [0.1, 0.15) is 17.8 Å². The summed E-state index contributed by atoms with van der Waals surface area (Å²) in [5.74, 6) is -3.97. The quantitative estimate of drug-likeness (QED) is 0.0353. The number of amides is 3. The summed E-state index contributed by atoms with van der Waals surface area (Å²) in [4.78, 5) is 93.6. The zero-order chi connectivity index (χ0) is 45.6. The molecule has 0 spiro atoms. The van der Waals surface area contributed by atoms with Gasteiger partial charge < -0.3 is 34.9 Å². The Morgan fingerprint density at radius 3 is 1.39 bits per heavy atom. The summed E-state index contributed by atoms with van der Waals surface area (Å²) < 4.78 is 18.6. The van der Waals surface area contributed by atoms with Gasteiger partial charge in [0.2, 0.25) is 5.91 Å². The Kier molecular flexibility index (Phi) is 25.2. The Bertz CT molecular complexity index is 1900. The van der Waals surface area contributed by atoms with Crippen molar-refractivity contribution in [1.82, 2.24) is 16.0 Å². The summed E-state index contributed by atoms with van der Waals surface area (Å²) in [6.07, 6.45) is 8.47. The molecule has 0 aliphatic carbocycles. The van der Waals surface area contributed by atoms with Crippen molar-refractivity contribution < 1.29 is 57.3 Å². The standard InChI is InChI=1S/C25H27NO6.C13H15NO3.C8H11NO3/c1-31-24(29)20(17-22(27)18-11-5-3-6-12-18)15-9-10-16-21(25(30)32-2)26-23(28)19-13-7-4-8-14-19;1-3-7-11(13(16)17-2)14-12(15)10-8-5-4-6-9-10;1-4-5-7(8(11)12-3)9-6(2)10/h3-14,20-21H,15-17H2,1-2H3,(H,26,28);3-6,8-9,11H,1,7H2,2H3,(H,14,15);4-5H,1H2,2-3H3,(H,9,10)/b;;7-5-/t20-,21+;11-;/m10./s1. The van der Waals surface area contributed by atoms with Crippen LogP contribution in [0, 0.1) is 5.92 Å². The first-order valence-corrected chi connectivity index (χ1v) is 18.7. The van der Waals surface area contributed by atoms with Crippen molar-refractivity contribution in [3.8, 4) is 0 Å².